The number of nitrogens with zero attached hydrogens (tertiary/aromatic N) is 1. The molecule has 1 saturated heterocycles. The SMILES string of the molecule is CNC(CCC1CCCO1)c1cc(C)nc(C)c1. The van der Waals surface area contributed by atoms with Crippen molar-refractivity contribution in [3.63, 3.8) is 0 Å². The minimum atomic E-state index is 0.412. The lowest BCUT2D eigenvalue weighted by Crippen LogP contribution is -2.19. The van der Waals surface area contributed by atoms with Crippen molar-refractivity contribution in [1.29, 1.82) is 0 Å². The van der Waals surface area contributed by atoms with Crippen LogP contribution in [0.3, 0.4) is 0 Å². The van der Waals surface area contributed by atoms with Gasteiger partial charge in [0.15, 0.2) is 0 Å². The Kier molecular flexibility index (Phi) is 4.72. The summed E-state index contributed by atoms with van der Waals surface area (Å²) in [6, 6.07) is 4.78. The fraction of sp³-hybridized carbons (Fsp3) is 0.667. The number of aromatic nitrogens is 1. The molecule has 0 bridgehead atoms. The molecule has 1 aliphatic rings. The second kappa shape index (κ2) is 6.30. The van der Waals surface area contributed by atoms with E-state index in [0.29, 0.717) is 12.1 Å². The standard InChI is InChI=1S/C15H24N2O/c1-11-9-13(10-12(2)17-11)15(16-3)7-6-14-5-4-8-18-14/h9-10,14-16H,4-8H2,1-3H3. The van der Waals surface area contributed by atoms with E-state index < -0.39 is 0 Å². The van der Waals surface area contributed by atoms with E-state index in [4.69, 9.17) is 4.74 Å². The van der Waals surface area contributed by atoms with Crippen LogP contribution in [0.4, 0.5) is 0 Å². The first kappa shape index (κ1) is 13.5. The van der Waals surface area contributed by atoms with E-state index in [1.54, 1.807) is 0 Å². The minimum Gasteiger partial charge on any atom is -0.378 e. The van der Waals surface area contributed by atoms with Crippen molar-refractivity contribution >= 4 is 0 Å². The zero-order valence-electron chi connectivity index (χ0n) is 11.7. The van der Waals surface area contributed by atoms with Crippen LogP contribution < -0.4 is 5.32 Å². The number of hydrogen-bond acceptors (Lipinski definition) is 3. The van der Waals surface area contributed by atoms with Crippen LogP contribution in [-0.2, 0) is 4.74 Å². The number of rotatable bonds is 5. The minimum absolute atomic E-state index is 0.412. The van der Waals surface area contributed by atoms with E-state index >= 15 is 0 Å². The molecule has 1 fully saturated rings. The van der Waals surface area contributed by atoms with Crippen LogP contribution in [0, 0.1) is 13.8 Å². The van der Waals surface area contributed by atoms with Gasteiger partial charge < -0.3 is 10.1 Å². The predicted octanol–water partition coefficient (Wildman–Crippen LogP) is 2.92. The number of aryl methyl sites for hydroxylation is 2. The van der Waals surface area contributed by atoms with Crippen molar-refractivity contribution < 1.29 is 4.74 Å². The van der Waals surface area contributed by atoms with Gasteiger partial charge in [0.1, 0.15) is 0 Å². The van der Waals surface area contributed by atoms with Crippen LogP contribution in [0.2, 0.25) is 0 Å². The average molecular weight is 248 g/mol. The van der Waals surface area contributed by atoms with Gasteiger partial charge in [0, 0.05) is 24.0 Å². The molecule has 1 N–H and O–H groups in total. The van der Waals surface area contributed by atoms with Crippen LogP contribution >= 0.6 is 0 Å². The Morgan fingerprint density at radius 1 is 1.39 bits per heavy atom. The third kappa shape index (κ3) is 3.53. The van der Waals surface area contributed by atoms with Crippen LogP contribution in [-0.4, -0.2) is 24.7 Å². The summed E-state index contributed by atoms with van der Waals surface area (Å²) in [6.45, 7) is 5.06. The molecule has 0 saturated carbocycles. The summed E-state index contributed by atoms with van der Waals surface area (Å²) in [5.74, 6) is 0. The molecule has 2 unspecified atom stereocenters. The van der Waals surface area contributed by atoms with Crippen molar-refractivity contribution in [2.24, 2.45) is 0 Å². The Hall–Kier alpha value is -0.930. The Morgan fingerprint density at radius 2 is 2.11 bits per heavy atom. The van der Waals surface area contributed by atoms with Crippen molar-refractivity contribution in [1.82, 2.24) is 10.3 Å². The molecule has 2 heterocycles. The first-order valence-corrected chi connectivity index (χ1v) is 6.93. The summed E-state index contributed by atoms with van der Waals surface area (Å²) in [7, 11) is 2.03. The molecule has 18 heavy (non-hydrogen) atoms. The molecule has 2 atom stereocenters. The summed E-state index contributed by atoms with van der Waals surface area (Å²) in [6.07, 6.45) is 5.20. The number of ether oxygens (including phenoxy) is 1. The van der Waals surface area contributed by atoms with Crippen LogP contribution in [0.1, 0.15) is 48.7 Å². The van der Waals surface area contributed by atoms with E-state index in [0.717, 1.165) is 30.8 Å². The van der Waals surface area contributed by atoms with Gasteiger partial charge in [-0.1, -0.05) is 0 Å². The maximum atomic E-state index is 5.69. The van der Waals surface area contributed by atoms with Crippen LogP contribution in [0.25, 0.3) is 0 Å². The maximum absolute atomic E-state index is 5.69. The fourth-order valence-electron chi connectivity index (χ4n) is 2.77. The molecule has 2 rings (SSSR count). The first-order chi connectivity index (χ1) is 8.69. The summed E-state index contributed by atoms with van der Waals surface area (Å²) in [5.41, 5.74) is 3.55. The number of pyridine rings is 1. The third-order valence-electron chi connectivity index (χ3n) is 3.66. The molecule has 1 aromatic rings. The molecule has 100 valence electrons. The Labute approximate surface area is 110 Å². The summed E-state index contributed by atoms with van der Waals surface area (Å²) in [4.78, 5) is 4.44. The topological polar surface area (TPSA) is 34.1 Å². The Bertz CT molecular complexity index is 366. The van der Waals surface area contributed by atoms with Crippen molar-refractivity contribution in [2.45, 2.75) is 51.7 Å². The summed E-state index contributed by atoms with van der Waals surface area (Å²) >= 11 is 0. The second-order valence-electron chi connectivity index (χ2n) is 5.24. The molecule has 0 aliphatic carbocycles. The molecule has 0 aromatic carbocycles. The second-order valence-corrected chi connectivity index (χ2v) is 5.24. The van der Waals surface area contributed by atoms with Crippen molar-refractivity contribution in [3.05, 3.63) is 29.1 Å². The highest BCUT2D eigenvalue weighted by Gasteiger charge is 2.18. The lowest BCUT2D eigenvalue weighted by atomic mass is 9.99. The van der Waals surface area contributed by atoms with Gasteiger partial charge in [-0.05, 0) is 64.3 Å². The van der Waals surface area contributed by atoms with Crippen molar-refractivity contribution in [2.75, 3.05) is 13.7 Å². The zero-order valence-corrected chi connectivity index (χ0v) is 11.7. The van der Waals surface area contributed by atoms with Gasteiger partial charge in [-0.2, -0.15) is 0 Å². The highest BCUT2D eigenvalue weighted by molar-refractivity contribution is 5.23. The predicted molar refractivity (Wildman–Crippen MR) is 73.7 cm³/mol. The van der Waals surface area contributed by atoms with Crippen LogP contribution in [0.15, 0.2) is 12.1 Å². The average Bonchev–Trinajstić information content (AvgIpc) is 2.81. The zero-order chi connectivity index (χ0) is 13.0. The molecule has 0 radical (unpaired) electrons. The largest absolute Gasteiger partial charge is 0.378 e. The van der Waals surface area contributed by atoms with Gasteiger partial charge in [0.2, 0.25) is 0 Å². The Morgan fingerprint density at radius 3 is 2.67 bits per heavy atom. The highest BCUT2D eigenvalue weighted by Crippen LogP contribution is 2.24. The van der Waals surface area contributed by atoms with Gasteiger partial charge in [-0.3, -0.25) is 4.98 Å². The van der Waals surface area contributed by atoms with Crippen LogP contribution in [0.5, 0.6) is 0 Å². The molecule has 1 aliphatic heterocycles. The first-order valence-electron chi connectivity index (χ1n) is 6.93. The number of hydrogen-bond donors (Lipinski definition) is 1. The maximum Gasteiger partial charge on any atom is 0.0576 e. The molecule has 0 amide bonds. The van der Waals surface area contributed by atoms with E-state index in [1.165, 1.54) is 18.4 Å². The highest BCUT2D eigenvalue weighted by atomic mass is 16.5. The van der Waals surface area contributed by atoms with Gasteiger partial charge >= 0.3 is 0 Å². The quantitative estimate of drug-likeness (QED) is 0.870. The molecule has 3 nitrogen and oxygen atoms in total. The Balaban J connectivity index is 1.98. The third-order valence-corrected chi connectivity index (χ3v) is 3.66. The van der Waals surface area contributed by atoms with E-state index in [9.17, 15) is 0 Å². The lowest BCUT2D eigenvalue weighted by molar-refractivity contribution is 0.0998. The molecule has 3 heteroatoms. The van der Waals surface area contributed by atoms with Crippen molar-refractivity contribution in [3.8, 4) is 0 Å². The van der Waals surface area contributed by atoms with Gasteiger partial charge in [-0.25, -0.2) is 0 Å². The summed E-state index contributed by atoms with van der Waals surface area (Å²) in [5, 5.41) is 3.41. The molecule has 0 spiro atoms. The fourth-order valence-corrected chi connectivity index (χ4v) is 2.77. The normalized spacial score (nSPS) is 21.2. The van der Waals surface area contributed by atoms with E-state index in [-0.39, 0.29) is 0 Å². The van der Waals surface area contributed by atoms with Gasteiger partial charge in [0.05, 0.1) is 6.10 Å². The number of nitrogens with one attached hydrogen (secondary N) is 1. The van der Waals surface area contributed by atoms with Gasteiger partial charge in [-0.15, -0.1) is 0 Å². The molecular formula is C15H24N2O. The van der Waals surface area contributed by atoms with E-state index in [1.807, 2.05) is 7.05 Å². The summed E-state index contributed by atoms with van der Waals surface area (Å²) < 4.78 is 5.69. The smallest absolute Gasteiger partial charge is 0.0576 e. The molecule has 1 aromatic heterocycles. The van der Waals surface area contributed by atoms with E-state index in [2.05, 4.69) is 36.3 Å². The van der Waals surface area contributed by atoms with Gasteiger partial charge in [0.25, 0.3) is 0 Å². The molecular weight excluding hydrogens is 224 g/mol. The monoisotopic (exact) mass is 248 g/mol. The lowest BCUT2D eigenvalue weighted by Gasteiger charge is -2.19.